The topological polar surface area (TPSA) is 61.6 Å². The maximum atomic E-state index is 12.3. The molecule has 0 spiro atoms. The molecule has 128 valence electrons. The van der Waals surface area contributed by atoms with Crippen molar-refractivity contribution in [3.05, 3.63) is 52.9 Å². The Morgan fingerprint density at radius 3 is 2.50 bits per heavy atom. The molecule has 6 nitrogen and oxygen atoms in total. The Balaban J connectivity index is 1.45. The molecule has 0 radical (unpaired) electrons. The van der Waals surface area contributed by atoms with Crippen molar-refractivity contribution in [1.29, 1.82) is 0 Å². The summed E-state index contributed by atoms with van der Waals surface area (Å²) in [6.07, 6.45) is 0. The molecule has 1 saturated heterocycles. The molecule has 2 amide bonds. The minimum Gasteiger partial charge on any atom is -0.361 e. The number of aryl methyl sites for hydroxylation is 2. The Bertz CT molecular complexity index is 656. The van der Waals surface area contributed by atoms with E-state index >= 15 is 0 Å². The summed E-state index contributed by atoms with van der Waals surface area (Å²) in [5.74, 6) is 0.764. The number of aromatic nitrogens is 1. The lowest BCUT2D eigenvalue weighted by atomic mass is 10.2. The third-order valence-electron chi connectivity index (χ3n) is 4.51. The number of benzene rings is 1. The summed E-state index contributed by atoms with van der Waals surface area (Å²) in [7, 11) is 0. The Hall–Kier alpha value is -2.34. The lowest BCUT2D eigenvalue weighted by Crippen LogP contribution is -2.51. The highest BCUT2D eigenvalue weighted by Gasteiger charge is 2.21. The average molecular weight is 328 g/mol. The van der Waals surface area contributed by atoms with Crippen molar-refractivity contribution in [3.63, 3.8) is 0 Å². The van der Waals surface area contributed by atoms with Crippen LogP contribution < -0.4 is 5.32 Å². The number of nitrogens with zero attached hydrogens (tertiary/aromatic N) is 3. The second-order valence-corrected chi connectivity index (χ2v) is 6.21. The van der Waals surface area contributed by atoms with E-state index in [1.165, 1.54) is 5.56 Å². The number of nitrogens with one attached hydrogen (secondary N) is 1. The van der Waals surface area contributed by atoms with Gasteiger partial charge in [0.1, 0.15) is 5.76 Å². The predicted molar refractivity (Wildman–Crippen MR) is 91.5 cm³/mol. The van der Waals surface area contributed by atoms with Crippen LogP contribution in [0.4, 0.5) is 4.79 Å². The van der Waals surface area contributed by atoms with Crippen LogP contribution >= 0.6 is 0 Å². The molecule has 0 atom stereocenters. The van der Waals surface area contributed by atoms with Gasteiger partial charge in [0.2, 0.25) is 0 Å². The molecule has 24 heavy (non-hydrogen) atoms. The van der Waals surface area contributed by atoms with Crippen LogP contribution in [0.1, 0.15) is 22.6 Å². The zero-order chi connectivity index (χ0) is 16.9. The summed E-state index contributed by atoms with van der Waals surface area (Å²) in [4.78, 5) is 16.6. The van der Waals surface area contributed by atoms with E-state index in [1.54, 1.807) is 0 Å². The third-order valence-corrected chi connectivity index (χ3v) is 4.51. The number of urea groups is 1. The monoisotopic (exact) mass is 328 g/mol. The molecule has 0 unspecified atom stereocenters. The van der Waals surface area contributed by atoms with Gasteiger partial charge in [-0.15, -0.1) is 0 Å². The highest BCUT2D eigenvalue weighted by molar-refractivity contribution is 5.74. The minimum atomic E-state index is -0.0191. The van der Waals surface area contributed by atoms with Crippen molar-refractivity contribution < 1.29 is 9.32 Å². The van der Waals surface area contributed by atoms with Crippen LogP contribution in [0.15, 0.2) is 34.9 Å². The van der Waals surface area contributed by atoms with E-state index in [0.29, 0.717) is 6.54 Å². The Kier molecular flexibility index (Phi) is 5.15. The molecule has 0 bridgehead atoms. The number of hydrogen-bond acceptors (Lipinski definition) is 4. The van der Waals surface area contributed by atoms with E-state index in [-0.39, 0.29) is 6.03 Å². The number of amides is 2. The average Bonchev–Trinajstić information content (AvgIpc) is 2.92. The molecule has 0 aliphatic carbocycles. The Morgan fingerprint density at radius 2 is 1.88 bits per heavy atom. The van der Waals surface area contributed by atoms with Crippen LogP contribution in [0.5, 0.6) is 0 Å². The number of piperazine rings is 1. The van der Waals surface area contributed by atoms with Gasteiger partial charge < -0.3 is 14.7 Å². The zero-order valence-corrected chi connectivity index (χ0v) is 14.3. The van der Waals surface area contributed by atoms with E-state index < -0.39 is 0 Å². The first kappa shape index (κ1) is 16.5. The number of carbonyl (C=O) groups is 1. The molecular formula is C18H24N4O2. The fraction of sp³-hybridized carbons (Fsp3) is 0.444. The standard InChI is InChI=1S/C18H24N4O2/c1-14-17(15(2)24-20-14)12-19-18(23)22-10-8-21(9-11-22)13-16-6-4-3-5-7-16/h3-7H,8-13H2,1-2H3,(H,19,23). The second-order valence-electron chi connectivity index (χ2n) is 6.21. The van der Waals surface area contributed by atoms with E-state index in [4.69, 9.17) is 4.52 Å². The van der Waals surface area contributed by atoms with Gasteiger partial charge in [-0.1, -0.05) is 35.5 Å². The number of carbonyl (C=O) groups excluding carboxylic acids is 1. The van der Waals surface area contributed by atoms with Crippen molar-refractivity contribution in [2.75, 3.05) is 26.2 Å². The summed E-state index contributed by atoms with van der Waals surface area (Å²) in [5, 5.41) is 6.88. The molecule has 1 aromatic carbocycles. The molecule has 0 saturated carbocycles. The summed E-state index contributed by atoms with van der Waals surface area (Å²) in [6.45, 7) is 8.45. The van der Waals surface area contributed by atoms with Crippen LogP contribution in [0, 0.1) is 13.8 Å². The molecule has 1 N–H and O–H groups in total. The van der Waals surface area contributed by atoms with Crippen LogP contribution in [-0.4, -0.2) is 47.2 Å². The summed E-state index contributed by atoms with van der Waals surface area (Å²) in [6, 6.07) is 10.4. The lowest BCUT2D eigenvalue weighted by molar-refractivity contribution is 0.135. The van der Waals surface area contributed by atoms with Gasteiger partial charge in [0, 0.05) is 44.8 Å². The predicted octanol–water partition coefficient (Wildman–Crippen LogP) is 2.32. The fourth-order valence-corrected chi connectivity index (χ4v) is 2.98. The van der Waals surface area contributed by atoms with Crippen LogP contribution in [0.3, 0.4) is 0 Å². The highest BCUT2D eigenvalue weighted by Crippen LogP contribution is 2.12. The first-order valence-electron chi connectivity index (χ1n) is 8.34. The smallest absolute Gasteiger partial charge is 0.317 e. The summed E-state index contributed by atoms with van der Waals surface area (Å²) >= 11 is 0. The lowest BCUT2D eigenvalue weighted by Gasteiger charge is -2.34. The molecule has 2 aromatic rings. The van der Waals surface area contributed by atoms with Gasteiger partial charge in [-0.05, 0) is 19.4 Å². The van der Waals surface area contributed by atoms with Crippen molar-refractivity contribution in [1.82, 2.24) is 20.3 Å². The number of rotatable bonds is 4. The maximum Gasteiger partial charge on any atom is 0.317 e. The van der Waals surface area contributed by atoms with Gasteiger partial charge in [-0.3, -0.25) is 4.90 Å². The molecule has 3 rings (SSSR count). The SMILES string of the molecule is Cc1noc(C)c1CNC(=O)N1CCN(Cc2ccccc2)CC1. The Labute approximate surface area is 142 Å². The van der Waals surface area contributed by atoms with Crippen LogP contribution in [0.25, 0.3) is 0 Å². The van der Waals surface area contributed by atoms with Crippen molar-refractivity contribution >= 4 is 6.03 Å². The minimum absolute atomic E-state index is 0.0191. The van der Waals surface area contributed by atoms with Gasteiger partial charge in [0.05, 0.1) is 5.69 Å². The first-order chi connectivity index (χ1) is 11.6. The Morgan fingerprint density at radius 1 is 1.17 bits per heavy atom. The van der Waals surface area contributed by atoms with Crippen LogP contribution in [0.2, 0.25) is 0 Å². The molecule has 1 aromatic heterocycles. The van der Waals surface area contributed by atoms with Gasteiger partial charge in [-0.25, -0.2) is 4.79 Å². The second kappa shape index (κ2) is 7.49. The highest BCUT2D eigenvalue weighted by atomic mass is 16.5. The number of hydrogen-bond donors (Lipinski definition) is 1. The molecule has 1 aliphatic rings. The third kappa shape index (κ3) is 3.94. The van der Waals surface area contributed by atoms with Gasteiger partial charge in [-0.2, -0.15) is 0 Å². The zero-order valence-electron chi connectivity index (χ0n) is 14.3. The molecular weight excluding hydrogens is 304 g/mol. The molecule has 6 heteroatoms. The summed E-state index contributed by atoms with van der Waals surface area (Å²) in [5.41, 5.74) is 3.11. The summed E-state index contributed by atoms with van der Waals surface area (Å²) < 4.78 is 5.12. The van der Waals surface area contributed by atoms with Crippen LogP contribution in [-0.2, 0) is 13.1 Å². The molecule has 1 fully saturated rings. The first-order valence-corrected chi connectivity index (χ1v) is 8.34. The van der Waals surface area contributed by atoms with Gasteiger partial charge >= 0.3 is 6.03 Å². The molecule has 2 heterocycles. The van der Waals surface area contributed by atoms with E-state index in [1.807, 2.05) is 24.8 Å². The normalized spacial score (nSPS) is 15.5. The largest absolute Gasteiger partial charge is 0.361 e. The maximum absolute atomic E-state index is 12.3. The van der Waals surface area contributed by atoms with Crippen molar-refractivity contribution in [3.8, 4) is 0 Å². The van der Waals surface area contributed by atoms with Crippen molar-refractivity contribution in [2.24, 2.45) is 0 Å². The van der Waals surface area contributed by atoms with Crippen molar-refractivity contribution in [2.45, 2.75) is 26.9 Å². The fourth-order valence-electron chi connectivity index (χ4n) is 2.98. The van der Waals surface area contributed by atoms with Gasteiger partial charge in [0.25, 0.3) is 0 Å². The quantitative estimate of drug-likeness (QED) is 0.936. The molecule has 1 aliphatic heterocycles. The van der Waals surface area contributed by atoms with E-state index in [0.717, 1.165) is 49.7 Å². The van der Waals surface area contributed by atoms with Gasteiger partial charge in [0.15, 0.2) is 0 Å². The van der Waals surface area contributed by atoms with E-state index in [9.17, 15) is 4.79 Å². The van der Waals surface area contributed by atoms with E-state index in [2.05, 4.69) is 39.6 Å².